The van der Waals surface area contributed by atoms with E-state index >= 15 is 0 Å². The Balaban J connectivity index is 1.67. The average Bonchev–Trinajstić information content (AvgIpc) is 3.38. The summed E-state index contributed by atoms with van der Waals surface area (Å²) in [4.78, 5) is 15.1. The van der Waals surface area contributed by atoms with Crippen LogP contribution in [0.2, 0.25) is 0 Å². The van der Waals surface area contributed by atoms with Crippen LogP contribution in [0, 0.1) is 11.3 Å². The van der Waals surface area contributed by atoms with Crippen LogP contribution in [0.25, 0.3) is 11.3 Å². The molecule has 2 aromatic carbocycles. The van der Waals surface area contributed by atoms with Gasteiger partial charge in [0.1, 0.15) is 5.82 Å². The summed E-state index contributed by atoms with van der Waals surface area (Å²) in [7, 11) is 3.12. The predicted octanol–water partition coefficient (Wildman–Crippen LogP) is 4.40. The number of aromatic nitrogens is 2. The molecule has 0 amide bonds. The zero-order chi connectivity index (χ0) is 24.5. The molecule has 0 spiro atoms. The number of Topliss-reactive ketones (excluding diaryl/α,β-unsaturated/α-hetero) is 1. The van der Waals surface area contributed by atoms with Crippen molar-refractivity contribution in [1.29, 1.82) is 5.26 Å². The largest absolute Gasteiger partial charge is 0.493 e. The molecular weight excluding hydrogens is 442 g/mol. The Morgan fingerprint density at radius 3 is 2.57 bits per heavy atom. The van der Waals surface area contributed by atoms with Gasteiger partial charge in [0.2, 0.25) is 0 Å². The van der Waals surface area contributed by atoms with Gasteiger partial charge in [-0.1, -0.05) is 36.4 Å². The maximum atomic E-state index is 13.3. The van der Waals surface area contributed by atoms with Gasteiger partial charge in [0.15, 0.2) is 23.1 Å². The fourth-order valence-electron chi connectivity index (χ4n) is 4.91. The summed E-state index contributed by atoms with van der Waals surface area (Å²) < 4.78 is 10.8. The lowest BCUT2D eigenvalue weighted by atomic mass is 9.75. The molecule has 5 rings (SSSR count). The van der Waals surface area contributed by atoms with E-state index in [4.69, 9.17) is 15.2 Å². The third kappa shape index (κ3) is 3.71. The van der Waals surface area contributed by atoms with Crippen LogP contribution in [0.3, 0.4) is 0 Å². The van der Waals surface area contributed by atoms with Gasteiger partial charge < -0.3 is 15.2 Å². The van der Waals surface area contributed by atoms with Crippen molar-refractivity contribution < 1.29 is 14.3 Å². The van der Waals surface area contributed by atoms with E-state index in [1.807, 2.05) is 42.5 Å². The number of anilines is 1. The third-order valence-corrected chi connectivity index (χ3v) is 6.53. The number of carbonyl (C=O) groups is 1. The number of H-pyrrole nitrogens is 1. The highest BCUT2D eigenvalue weighted by molar-refractivity contribution is 6.01. The van der Waals surface area contributed by atoms with Crippen molar-refractivity contribution in [2.75, 3.05) is 19.1 Å². The number of nitrogens with two attached hydrogens (primary N) is 1. The first-order valence-electron chi connectivity index (χ1n) is 11.4. The van der Waals surface area contributed by atoms with E-state index in [2.05, 4.69) is 16.3 Å². The number of benzene rings is 2. The summed E-state index contributed by atoms with van der Waals surface area (Å²) in [5, 5.41) is 17.8. The second-order valence-electron chi connectivity index (χ2n) is 8.44. The average molecular weight is 468 g/mol. The normalized spacial score (nSPS) is 17.8. The summed E-state index contributed by atoms with van der Waals surface area (Å²) in [6.45, 7) is 0. The fourth-order valence-corrected chi connectivity index (χ4v) is 4.91. The summed E-state index contributed by atoms with van der Waals surface area (Å²) >= 11 is 0. The monoisotopic (exact) mass is 467 g/mol. The van der Waals surface area contributed by atoms with Crippen molar-refractivity contribution in [2.45, 2.75) is 25.2 Å². The number of ether oxygens (including phenoxy) is 2. The first-order valence-corrected chi connectivity index (χ1v) is 11.4. The molecule has 1 aliphatic heterocycles. The SMILES string of the molecule is COc1ccc(C2C(C#N)=C(N)N(c3cc(-c4ccccc4)[nH]n3)C3=C2C(=O)CCC3)cc1OC. The van der Waals surface area contributed by atoms with Crippen LogP contribution in [-0.2, 0) is 4.79 Å². The lowest BCUT2D eigenvalue weighted by molar-refractivity contribution is -0.116. The molecule has 8 heteroatoms. The topological polar surface area (TPSA) is 117 Å². The Morgan fingerprint density at radius 2 is 1.86 bits per heavy atom. The second-order valence-corrected chi connectivity index (χ2v) is 8.44. The van der Waals surface area contributed by atoms with Crippen molar-refractivity contribution in [1.82, 2.24) is 10.2 Å². The van der Waals surface area contributed by atoms with Crippen LogP contribution in [0.1, 0.15) is 30.7 Å². The lowest BCUT2D eigenvalue weighted by Crippen LogP contribution is -2.39. The van der Waals surface area contributed by atoms with E-state index in [-0.39, 0.29) is 11.6 Å². The highest BCUT2D eigenvalue weighted by atomic mass is 16.5. The molecule has 2 aliphatic rings. The molecule has 1 aromatic heterocycles. The smallest absolute Gasteiger partial charge is 0.161 e. The standard InChI is InChI=1S/C27H25N5O3/c1-34-22-12-11-17(13-23(22)35-2)25-18(15-28)27(29)32(20-9-6-10-21(33)26(20)25)24-14-19(30-31-24)16-7-4-3-5-8-16/h3-5,7-8,11-14,25H,6,9-10,29H2,1-2H3,(H,30,31). The zero-order valence-corrected chi connectivity index (χ0v) is 19.5. The van der Waals surface area contributed by atoms with Gasteiger partial charge in [-0.15, -0.1) is 0 Å². The number of rotatable bonds is 5. The van der Waals surface area contributed by atoms with Gasteiger partial charge in [-0.25, -0.2) is 0 Å². The van der Waals surface area contributed by atoms with E-state index in [0.29, 0.717) is 47.7 Å². The molecule has 8 nitrogen and oxygen atoms in total. The number of aromatic amines is 1. The van der Waals surface area contributed by atoms with Gasteiger partial charge in [0, 0.05) is 23.8 Å². The van der Waals surface area contributed by atoms with Gasteiger partial charge in [-0.2, -0.15) is 10.4 Å². The van der Waals surface area contributed by atoms with E-state index in [1.54, 1.807) is 31.3 Å². The van der Waals surface area contributed by atoms with E-state index < -0.39 is 5.92 Å². The maximum absolute atomic E-state index is 13.3. The second kappa shape index (κ2) is 9.03. The minimum Gasteiger partial charge on any atom is -0.493 e. The first-order chi connectivity index (χ1) is 17.1. The van der Waals surface area contributed by atoms with Crippen molar-refractivity contribution in [2.24, 2.45) is 5.73 Å². The number of nitrogens with zero attached hydrogens (tertiary/aromatic N) is 3. The quantitative estimate of drug-likeness (QED) is 0.571. The highest BCUT2D eigenvalue weighted by Gasteiger charge is 2.41. The van der Waals surface area contributed by atoms with Gasteiger partial charge in [-0.3, -0.25) is 14.8 Å². The van der Waals surface area contributed by atoms with Crippen molar-refractivity contribution in [3.05, 3.63) is 82.8 Å². The van der Waals surface area contributed by atoms with Crippen molar-refractivity contribution in [3.8, 4) is 28.8 Å². The number of carbonyl (C=O) groups excluding carboxylic acids is 1. The number of nitrogens with one attached hydrogen (secondary N) is 1. The van der Waals surface area contributed by atoms with Crippen molar-refractivity contribution >= 4 is 11.6 Å². The molecule has 1 atom stereocenters. The Morgan fingerprint density at radius 1 is 1.09 bits per heavy atom. The molecule has 1 aliphatic carbocycles. The minimum absolute atomic E-state index is 0.00936. The van der Waals surface area contributed by atoms with Crippen LogP contribution < -0.4 is 20.1 Å². The van der Waals surface area contributed by atoms with Gasteiger partial charge in [-0.05, 0) is 36.1 Å². The predicted molar refractivity (Wildman–Crippen MR) is 132 cm³/mol. The Labute approximate surface area is 203 Å². The molecule has 3 N–H and O–H groups in total. The van der Waals surface area contributed by atoms with Gasteiger partial charge in [0.05, 0.1) is 37.5 Å². The highest BCUT2D eigenvalue weighted by Crippen LogP contribution is 2.47. The molecule has 2 heterocycles. The fraction of sp³-hybridized carbons (Fsp3) is 0.222. The Bertz CT molecular complexity index is 1400. The molecule has 0 radical (unpaired) electrons. The Hall–Kier alpha value is -4.51. The van der Waals surface area contributed by atoms with Crippen LogP contribution in [0.4, 0.5) is 5.82 Å². The number of nitriles is 1. The summed E-state index contributed by atoms with van der Waals surface area (Å²) in [5.41, 5.74) is 10.9. The maximum Gasteiger partial charge on any atom is 0.161 e. The molecule has 0 bridgehead atoms. The molecule has 3 aromatic rings. The van der Waals surface area contributed by atoms with Crippen molar-refractivity contribution in [3.63, 3.8) is 0 Å². The third-order valence-electron chi connectivity index (χ3n) is 6.53. The Kier molecular flexibility index (Phi) is 5.75. The first kappa shape index (κ1) is 22.3. The summed E-state index contributed by atoms with van der Waals surface area (Å²) in [6, 6.07) is 19.4. The van der Waals surface area contributed by atoms with Crippen LogP contribution in [0.5, 0.6) is 11.5 Å². The molecule has 176 valence electrons. The van der Waals surface area contributed by atoms with E-state index in [1.165, 1.54) is 0 Å². The van der Waals surface area contributed by atoms with E-state index in [0.717, 1.165) is 22.5 Å². The van der Waals surface area contributed by atoms with Crippen LogP contribution >= 0.6 is 0 Å². The molecule has 0 saturated heterocycles. The number of ketones is 1. The molecular formula is C27H25N5O3. The lowest BCUT2D eigenvalue weighted by Gasteiger charge is -2.38. The number of allylic oxidation sites excluding steroid dienone is 3. The zero-order valence-electron chi connectivity index (χ0n) is 19.5. The summed E-state index contributed by atoms with van der Waals surface area (Å²) in [5.74, 6) is 1.32. The number of methoxy groups -OCH3 is 2. The van der Waals surface area contributed by atoms with Gasteiger partial charge >= 0.3 is 0 Å². The molecule has 1 unspecified atom stereocenters. The molecule has 35 heavy (non-hydrogen) atoms. The summed E-state index contributed by atoms with van der Waals surface area (Å²) in [6.07, 6.45) is 1.78. The minimum atomic E-state index is -0.591. The van der Waals surface area contributed by atoms with E-state index in [9.17, 15) is 10.1 Å². The van der Waals surface area contributed by atoms with Gasteiger partial charge in [0.25, 0.3) is 0 Å². The van der Waals surface area contributed by atoms with Crippen LogP contribution in [0.15, 0.2) is 77.3 Å². The molecule has 0 saturated carbocycles. The number of hydrogen-bond acceptors (Lipinski definition) is 7. The molecule has 0 fully saturated rings. The number of hydrogen-bond donors (Lipinski definition) is 2. The van der Waals surface area contributed by atoms with Crippen LogP contribution in [-0.4, -0.2) is 30.2 Å².